The van der Waals surface area contributed by atoms with Gasteiger partial charge in [0.2, 0.25) is 5.82 Å². The number of hydrogen-bond acceptors (Lipinski definition) is 6. The number of benzene rings is 3. The maximum absolute atomic E-state index is 14.0. The van der Waals surface area contributed by atoms with Crippen molar-refractivity contribution in [1.82, 2.24) is 15.0 Å². The lowest BCUT2D eigenvalue weighted by molar-refractivity contribution is -0.133. The molecule has 2 heterocycles. The van der Waals surface area contributed by atoms with E-state index < -0.39 is 0 Å². The molecule has 7 nitrogen and oxygen atoms in total. The first-order chi connectivity index (χ1) is 17.1. The standard InChI is InChI=1S/C27H25FN4O3/c1-19-6-8-20(9-7-19)26-29-27(35-30-26)21-10-12-22(13-11-21)34-18-25(33)32-16-14-31(15-17-32)24-5-3-2-4-23(24)28/h2-13H,14-18H2,1H3. The Morgan fingerprint density at radius 3 is 2.34 bits per heavy atom. The van der Waals surface area contributed by atoms with Gasteiger partial charge < -0.3 is 19.1 Å². The minimum Gasteiger partial charge on any atom is -0.484 e. The molecule has 35 heavy (non-hydrogen) atoms. The number of aromatic nitrogens is 2. The molecule has 0 bridgehead atoms. The Bertz CT molecular complexity index is 1300. The van der Waals surface area contributed by atoms with Crippen molar-refractivity contribution >= 4 is 11.6 Å². The predicted octanol–water partition coefficient (Wildman–Crippen LogP) is 4.58. The Kier molecular flexibility index (Phi) is 6.43. The molecule has 1 saturated heterocycles. The minimum absolute atomic E-state index is 0.0584. The smallest absolute Gasteiger partial charge is 0.260 e. The Morgan fingerprint density at radius 1 is 0.943 bits per heavy atom. The molecule has 8 heteroatoms. The van der Waals surface area contributed by atoms with Gasteiger partial charge in [0.25, 0.3) is 11.8 Å². The largest absolute Gasteiger partial charge is 0.484 e. The fourth-order valence-corrected chi connectivity index (χ4v) is 4.00. The second-order valence-electron chi connectivity index (χ2n) is 8.42. The Balaban J connectivity index is 1.13. The van der Waals surface area contributed by atoms with Crippen LogP contribution in [0.3, 0.4) is 0 Å². The quantitative estimate of drug-likeness (QED) is 0.409. The molecule has 1 amide bonds. The summed E-state index contributed by atoms with van der Waals surface area (Å²) in [6.45, 7) is 4.17. The number of anilines is 1. The van der Waals surface area contributed by atoms with E-state index in [0.717, 1.165) is 16.7 Å². The highest BCUT2D eigenvalue weighted by molar-refractivity contribution is 5.78. The summed E-state index contributed by atoms with van der Waals surface area (Å²) < 4.78 is 25.1. The zero-order valence-corrected chi connectivity index (χ0v) is 19.4. The average molecular weight is 473 g/mol. The lowest BCUT2D eigenvalue weighted by atomic mass is 10.1. The van der Waals surface area contributed by atoms with Crippen LogP contribution in [-0.4, -0.2) is 53.7 Å². The van der Waals surface area contributed by atoms with Gasteiger partial charge in [0, 0.05) is 37.3 Å². The van der Waals surface area contributed by atoms with Crippen LogP contribution in [0.15, 0.2) is 77.3 Å². The third-order valence-corrected chi connectivity index (χ3v) is 6.02. The lowest BCUT2D eigenvalue weighted by Crippen LogP contribution is -2.50. The van der Waals surface area contributed by atoms with Crippen LogP contribution in [0.5, 0.6) is 5.75 Å². The summed E-state index contributed by atoms with van der Waals surface area (Å²) in [6.07, 6.45) is 0. The van der Waals surface area contributed by atoms with Crippen molar-refractivity contribution in [3.63, 3.8) is 0 Å². The van der Waals surface area contributed by atoms with Crippen molar-refractivity contribution in [2.75, 3.05) is 37.7 Å². The first-order valence-corrected chi connectivity index (χ1v) is 11.5. The van der Waals surface area contributed by atoms with E-state index in [0.29, 0.717) is 49.3 Å². The van der Waals surface area contributed by atoms with E-state index in [9.17, 15) is 9.18 Å². The van der Waals surface area contributed by atoms with Crippen molar-refractivity contribution < 1.29 is 18.4 Å². The summed E-state index contributed by atoms with van der Waals surface area (Å²) in [5.74, 6) is 1.18. The number of hydrogen-bond donors (Lipinski definition) is 0. The monoisotopic (exact) mass is 472 g/mol. The maximum Gasteiger partial charge on any atom is 0.260 e. The van der Waals surface area contributed by atoms with Crippen LogP contribution in [0, 0.1) is 12.7 Å². The van der Waals surface area contributed by atoms with E-state index >= 15 is 0 Å². The number of rotatable bonds is 6. The number of amides is 1. The Labute approximate surface area is 202 Å². The van der Waals surface area contributed by atoms with Gasteiger partial charge >= 0.3 is 0 Å². The highest BCUT2D eigenvalue weighted by atomic mass is 19.1. The van der Waals surface area contributed by atoms with Crippen molar-refractivity contribution in [3.05, 3.63) is 84.2 Å². The number of aryl methyl sites for hydroxylation is 1. The molecule has 0 N–H and O–H groups in total. The molecule has 178 valence electrons. The fourth-order valence-electron chi connectivity index (χ4n) is 4.00. The van der Waals surface area contributed by atoms with Crippen LogP contribution < -0.4 is 9.64 Å². The molecular formula is C27H25FN4O3. The van der Waals surface area contributed by atoms with Gasteiger partial charge in [-0.05, 0) is 43.3 Å². The molecule has 0 saturated carbocycles. The van der Waals surface area contributed by atoms with Crippen molar-refractivity contribution in [1.29, 1.82) is 0 Å². The van der Waals surface area contributed by atoms with Crippen LogP contribution in [0.1, 0.15) is 5.56 Å². The zero-order chi connectivity index (χ0) is 24.2. The van der Waals surface area contributed by atoms with E-state index in [1.54, 1.807) is 29.2 Å². The zero-order valence-electron chi connectivity index (χ0n) is 19.4. The third kappa shape index (κ3) is 5.16. The summed E-state index contributed by atoms with van der Waals surface area (Å²) in [4.78, 5) is 20.8. The van der Waals surface area contributed by atoms with Crippen molar-refractivity contribution in [2.24, 2.45) is 0 Å². The first kappa shape index (κ1) is 22.6. The predicted molar refractivity (Wildman–Crippen MR) is 131 cm³/mol. The highest BCUT2D eigenvalue weighted by Crippen LogP contribution is 2.25. The topological polar surface area (TPSA) is 71.7 Å². The van der Waals surface area contributed by atoms with Crippen molar-refractivity contribution in [3.8, 4) is 28.6 Å². The molecule has 1 fully saturated rings. The molecule has 0 radical (unpaired) electrons. The SMILES string of the molecule is Cc1ccc(-c2noc(-c3ccc(OCC(=O)N4CCN(c5ccccc5F)CC4)cc3)n2)cc1. The molecule has 5 rings (SSSR count). The van der Waals surface area contributed by atoms with Gasteiger partial charge in [0.05, 0.1) is 5.69 Å². The number of para-hydroxylation sites is 1. The van der Waals surface area contributed by atoms with Crippen LogP contribution in [0.4, 0.5) is 10.1 Å². The summed E-state index contributed by atoms with van der Waals surface area (Å²) in [6, 6.07) is 21.8. The molecule has 0 unspecified atom stereocenters. The summed E-state index contributed by atoms with van der Waals surface area (Å²) in [5, 5.41) is 4.06. The van der Waals surface area contributed by atoms with Gasteiger partial charge in [-0.25, -0.2) is 4.39 Å². The summed E-state index contributed by atoms with van der Waals surface area (Å²) >= 11 is 0. The van der Waals surface area contributed by atoms with Crippen LogP contribution in [0.2, 0.25) is 0 Å². The molecule has 4 aromatic rings. The number of carbonyl (C=O) groups is 1. The van der Waals surface area contributed by atoms with Gasteiger partial charge in [0.15, 0.2) is 6.61 Å². The molecule has 0 spiro atoms. The van der Waals surface area contributed by atoms with Gasteiger partial charge in [-0.3, -0.25) is 4.79 Å². The lowest BCUT2D eigenvalue weighted by Gasteiger charge is -2.36. The second-order valence-corrected chi connectivity index (χ2v) is 8.42. The van der Waals surface area contributed by atoms with E-state index in [-0.39, 0.29) is 18.3 Å². The molecule has 1 aliphatic rings. The highest BCUT2D eigenvalue weighted by Gasteiger charge is 2.23. The van der Waals surface area contributed by atoms with Crippen LogP contribution >= 0.6 is 0 Å². The number of halogens is 1. The average Bonchev–Trinajstić information content (AvgIpc) is 3.39. The number of piperazine rings is 1. The normalized spacial score (nSPS) is 13.7. The van der Waals surface area contributed by atoms with Gasteiger partial charge in [-0.2, -0.15) is 4.98 Å². The van der Waals surface area contributed by atoms with Gasteiger partial charge in [-0.1, -0.05) is 47.1 Å². The Morgan fingerprint density at radius 2 is 1.63 bits per heavy atom. The number of carbonyl (C=O) groups excluding carboxylic acids is 1. The summed E-state index contributed by atoms with van der Waals surface area (Å²) in [5.41, 5.74) is 3.39. The third-order valence-electron chi connectivity index (χ3n) is 6.02. The molecule has 1 aliphatic heterocycles. The van der Waals surface area contributed by atoms with E-state index in [1.165, 1.54) is 6.07 Å². The van der Waals surface area contributed by atoms with Gasteiger partial charge in [-0.15, -0.1) is 0 Å². The second kappa shape index (κ2) is 9.97. The Hall–Kier alpha value is -4.20. The van der Waals surface area contributed by atoms with Gasteiger partial charge in [0.1, 0.15) is 11.6 Å². The number of nitrogens with zero attached hydrogens (tertiary/aromatic N) is 4. The van der Waals surface area contributed by atoms with Crippen molar-refractivity contribution in [2.45, 2.75) is 6.92 Å². The first-order valence-electron chi connectivity index (χ1n) is 11.5. The van der Waals surface area contributed by atoms with E-state index in [4.69, 9.17) is 9.26 Å². The molecule has 0 aliphatic carbocycles. The molecule has 1 aromatic heterocycles. The molecule has 3 aromatic carbocycles. The molecular weight excluding hydrogens is 447 g/mol. The van der Waals surface area contributed by atoms with Crippen LogP contribution in [0.25, 0.3) is 22.8 Å². The molecule has 0 atom stereocenters. The minimum atomic E-state index is -0.244. The number of ether oxygens (including phenoxy) is 1. The maximum atomic E-state index is 14.0. The summed E-state index contributed by atoms with van der Waals surface area (Å²) in [7, 11) is 0. The van der Waals surface area contributed by atoms with Crippen LogP contribution in [-0.2, 0) is 4.79 Å². The van der Waals surface area contributed by atoms with E-state index in [2.05, 4.69) is 10.1 Å². The van der Waals surface area contributed by atoms with E-state index in [1.807, 2.05) is 54.3 Å². The fraction of sp³-hybridized carbons (Fsp3) is 0.222.